The van der Waals surface area contributed by atoms with Gasteiger partial charge in [0.25, 0.3) is 0 Å². The van der Waals surface area contributed by atoms with Crippen LogP contribution in [0.25, 0.3) is 0 Å². The monoisotopic (exact) mass is 249 g/mol. The Balaban J connectivity index is 1.90. The highest BCUT2D eigenvalue weighted by Gasteiger charge is 2.54. The highest BCUT2D eigenvalue weighted by atomic mass is 32.2. The van der Waals surface area contributed by atoms with Crippen molar-refractivity contribution in [1.82, 2.24) is 4.31 Å². The van der Waals surface area contributed by atoms with Gasteiger partial charge in [0, 0.05) is 12.1 Å². The van der Waals surface area contributed by atoms with E-state index in [0.29, 0.717) is 4.90 Å². The van der Waals surface area contributed by atoms with Crippen LogP contribution in [-0.2, 0) is 10.0 Å². The number of hydrogen-bond donors (Lipinski definition) is 0. The maximum Gasteiger partial charge on any atom is 0.243 e. The van der Waals surface area contributed by atoms with Gasteiger partial charge >= 0.3 is 0 Å². The van der Waals surface area contributed by atoms with E-state index >= 15 is 0 Å². The summed E-state index contributed by atoms with van der Waals surface area (Å²) < 4.78 is 26.4. The van der Waals surface area contributed by atoms with Crippen molar-refractivity contribution in [2.75, 3.05) is 0 Å². The molecule has 0 bridgehead atoms. The van der Waals surface area contributed by atoms with E-state index in [1.165, 1.54) is 0 Å². The molecule has 0 N–H and O–H groups in total. The largest absolute Gasteiger partial charge is 0.243 e. The molecule has 3 rings (SSSR count). The molecule has 1 aliphatic heterocycles. The molecule has 0 saturated carbocycles. The number of fused-ring (bicyclic) bond motifs is 1. The van der Waals surface area contributed by atoms with Crippen molar-refractivity contribution in [1.29, 1.82) is 0 Å². The first-order valence-electron chi connectivity index (χ1n) is 5.86. The Morgan fingerprint density at radius 1 is 1.06 bits per heavy atom. The fraction of sp³-hybridized carbons (Fsp3) is 0.385. The van der Waals surface area contributed by atoms with Crippen LogP contribution in [0, 0.1) is 6.92 Å². The molecule has 0 amide bonds. The molecule has 1 unspecified atom stereocenters. The van der Waals surface area contributed by atoms with Gasteiger partial charge in [-0.15, -0.1) is 0 Å². The third-order valence-corrected chi connectivity index (χ3v) is 5.49. The normalized spacial score (nSPS) is 31.0. The maximum atomic E-state index is 12.4. The topological polar surface area (TPSA) is 37.1 Å². The molecule has 0 spiro atoms. The fourth-order valence-electron chi connectivity index (χ4n) is 2.49. The minimum Gasteiger partial charge on any atom is -0.207 e. The van der Waals surface area contributed by atoms with Crippen LogP contribution in [0.15, 0.2) is 41.3 Å². The van der Waals surface area contributed by atoms with Gasteiger partial charge in [-0.2, -0.15) is 4.31 Å². The summed E-state index contributed by atoms with van der Waals surface area (Å²) in [6.45, 7) is 1.96. The predicted molar refractivity (Wildman–Crippen MR) is 66.2 cm³/mol. The lowest BCUT2D eigenvalue weighted by Crippen LogP contribution is -2.15. The van der Waals surface area contributed by atoms with Crippen molar-refractivity contribution in [3.05, 3.63) is 42.0 Å². The van der Waals surface area contributed by atoms with Gasteiger partial charge in [-0.25, -0.2) is 8.42 Å². The van der Waals surface area contributed by atoms with E-state index in [9.17, 15) is 8.42 Å². The van der Waals surface area contributed by atoms with Crippen molar-refractivity contribution in [2.45, 2.75) is 36.7 Å². The lowest BCUT2D eigenvalue weighted by molar-refractivity contribution is 0.546. The Morgan fingerprint density at radius 2 is 1.59 bits per heavy atom. The van der Waals surface area contributed by atoms with E-state index in [2.05, 4.69) is 12.2 Å². The number of sulfonamides is 1. The smallest absolute Gasteiger partial charge is 0.207 e. The fourth-order valence-corrected chi connectivity index (χ4v) is 4.33. The van der Waals surface area contributed by atoms with Gasteiger partial charge < -0.3 is 0 Å². The van der Waals surface area contributed by atoms with Crippen LogP contribution in [0.1, 0.15) is 18.4 Å². The van der Waals surface area contributed by atoms with E-state index in [0.717, 1.165) is 18.4 Å². The van der Waals surface area contributed by atoms with Gasteiger partial charge in [0.2, 0.25) is 10.0 Å². The zero-order valence-corrected chi connectivity index (χ0v) is 10.5. The van der Waals surface area contributed by atoms with Gasteiger partial charge in [-0.3, -0.25) is 0 Å². The number of benzene rings is 1. The molecule has 1 aromatic rings. The Hall–Kier alpha value is -1.13. The van der Waals surface area contributed by atoms with Gasteiger partial charge in [0.1, 0.15) is 0 Å². The molecule has 3 nitrogen and oxygen atoms in total. The summed E-state index contributed by atoms with van der Waals surface area (Å²) in [4.78, 5) is 0.414. The molecule has 2 aliphatic rings. The molecule has 4 heteroatoms. The standard InChI is InChI=1S/C13H15NO2S/c1-10-6-8-11(9-7-10)17(15,16)14-12-4-2-3-5-13(12)14/h2-3,6-9,12-13H,4-5H2,1H3/t12-,13+,14?. The Labute approximate surface area is 102 Å². The highest BCUT2D eigenvalue weighted by molar-refractivity contribution is 7.89. The molecular weight excluding hydrogens is 234 g/mol. The van der Waals surface area contributed by atoms with Crippen LogP contribution in [0.2, 0.25) is 0 Å². The Kier molecular flexibility index (Phi) is 2.38. The summed E-state index contributed by atoms with van der Waals surface area (Å²) in [5.74, 6) is 0. The third kappa shape index (κ3) is 1.72. The van der Waals surface area contributed by atoms with Gasteiger partial charge in [-0.1, -0.05) is 29.8 Å². The van der Waals surface area contributed by atoms with Crippen molar-refractivity contribution in [2.24, 2.45) is 0 Å². The Bertz CT molecular complexity index is 546. The molecule has 3 atom stereocenters. The number of hydrogen-bond acceptors (Lipinski definition) is 2. The molecule has 1 aliphatic carbocycles. The van der Waals surface area contributed by atoms with E-state index in [1.807, 2.05) is 19.1 Å². The number of aryl methyl sites for hydroxylation is 1. The van der Waals surface area contributed by atoms with Crippen molar-refractivity contribution in [3.8, 4) is 0 Å². The summed E-state index contributed by atoms with van der Waals surface area (Å²) in [5, 5.41) is 0. The minimum absolute atomic E-state index is 0.200. The second-order valence-electron chi connectivity index (χ2n) is 4.73. The first kappa shape index (κ1) is 11.0. The second-order valence-corrected chi connectivity index (χ2v) is 6.57. The molecule has 90 valence electrons. The van der Waals surface area contributed by atoms with Crippen molar-refractivity contribution >= 4 is 10.0 Å². The third-order valence-electron chi connectivity index (χ3n) is 3.53. The SMILES string of the molecule is Cc1ccc(S(=O)(=O)N2[C@@H]3CC=CC[C@@H]32)cc1. The first-order valence-corrected chi connectivity index (χ1v) is 7.30. The van der Waals surface area contributed by atoms with Crippen molar-refractivity contribution < 1.29 is 8.42 Å². The van der Waals surface area contributed by atoms with Crippen LogP contribution in [0.4, 0.5) is 0 Å². The zero-order valence-electron chi connectivity index (χ0n) is 9.70. The summed E-state index contributed by atoms with van der Waals surface area (Å²) in [6.07, 6.45) is 5.86. The lowest BCUT2D eigenvalue weighted by Gasteiger charge is -2.06. The number of nitrogens with zero attached hydrogens (tertiary/aromatic N) is 1. The van der Waals surface area contributed by atoms with Crippen LogP contribution in [0.3, 0.4) is 0 Å². The van der Waals surface area contributed by atoms with Crippen LogP contribution < -0.4 is 0 Å². The number of rotatable bonds is 2. The van der Waals surface area contributed by atoms with Crippen LogP contribution in [-0.4, -0.2) is 24.8 Å². The maximum absolute atomic E-state index is 12.4. The zero-order chi connectivity index (χ0) is 12.0. The molecule has 0 aromatic heterocycles. The summed E-state index contributed by atoms with van der Waals surface area (Å²) >= 11 is 0. The van der Waals surface area contributed by atoms with E-state index in [1.54, 1.807) is 16.4 Å². The molecule has 1 aromatic carbocycles. The van der Waals surface area contributed by atoms with Crippen molar-refractivity contribution in [3.63, 3.8) is 0 Å². The minimum atomic E-state index is -3.27. The molecule has 1 fully saturated rings. The molecule has 1 heterocycles. The quantitative estimate of drug-likeness (QED) is 0.594. The average molecular weight is 249 g/mol. The van der Waals surface area contributed by atoms with Gasteiger partial charge in [-0.05, 0) is 31.9 Å². The molecule has 0 radical (unpaired) electrons. The summed E-state index contributed by atoms with van der Waals surface area (Å²) in [5.41, 5.74) is 1.08. The van der Waals surface area contributed by atoms with E-state index in [-0.39, 0.29) is 12.1 Å². The predicted octanol–water partition coefficient (Wildman–Crippen LogP) is 2.09. The second kappa shape index (κ2) is 3.68. The van der Waals surface area contributed by atoms with E-state index in [4.69, 9.17) is 0 Å². The average Bonchev–Trinajstić information content (AvgIpc) is 3.04. The molecular formula is C13H15NO2S. The molecule has 17 heavy (non-hydrogen) atoms. The van der Waals surface area contributed by atoms with E-state index < -0.39 is 10.0 Å². The van der Waals surface area contributed by atoms with Gasteiger partial charge in [0.05, 0.1) is 4.90 Å². The summed E-state index contributed by atoms with van der Waals surface area (Å²) in [7, 11) is -3.27. The van der Waals surface area contributed by atoms with Crippen LogP contribution in [0.5, 0.6) is 0 Å². The lowest BCUT2D eigenvalue weighted by atomic mass is 10.1. The first-order chi connectivity index (χ1) is 8.10. The summed E-state index contributed by atoms with van der Waals surface area (Å²) in [6, 6.07) is 7.49. The molecule has 1 saturated heterocycles. The van der Waals surface area contributed by atoms with Gasteiger partial charge in [0.15, 0.2) is 0 Å². The Morgan fingerprint density at radius 3 is 2.12 bits per heavy atom. The highest BCUT2D eigenvalue weighted by Crippen LogP contribution is 2.42. The van der Waals surface area contributed by atoms with Crippen LogP contribution >= 0.6 is 0 Å².